The predicted molar refractivity (Wildman–Crippen MR) is 117 cm³/mol. The van der Waals surface area contributed by atoms with Gasteiger partial charge in [0, 0.05) is 5.56 Å². The van der Waals surface area contributed by atoms with Gasteiger partial charge in [-0.1, -0.05) is 42.5 Å². The Bertz CT molecular complexity index is 1160. The molecule has 0 saturated carbocycles. The zero-order chi connectivity index (χ0) is 22.0. The van der Waals surface area contributed by atoms with Crippen LogP contribution in [0.25, 0.3) is 16.8 Å². The summed E-state index contributed by atoms with van der Waals surface area (Å²) in [5, 5.41) is 1.82. The number of esters is 1. The van der Waals surface area contributed by atoms with Crippen molar-refractivity contribution in [1.82, 2.24) is 0 Å². The van der Waals surface area contributed by atoms with Crippen molar-refractivity contribution in [3.63, 3.8) is 0 Å². The van der Waals surface area contributed by atoms with E-state index in [4.69, 9.17) is 18.9 Å². The summed E-state index contributed by atoms with van der Waals surface area (Å²) in [6.45, 7) is 0.0111. The molecule has 1 atom stereocenters. The van der Waals surface area contributed by atoms with Crippen LogP contribution in [0, 0.1) is 5.92 Å². The van der Waals surface area contributed by atoms with Crippen LogP contribution in [0.5, 0.6) is 17.2 Å². The number of carbonyl (C=O) groups excluding carboxylic acids is 2. The summed E-state index contributed by atoms with van der Waals surface area (Å²) in [4.78, 5) is 25.9. The van der Waals surface area contributed by atoms with Gasteiger partial charge in [-0.05, 0) is 34.5 Å². The standard InChI is InChI=1S/C25H22O6/c1-28-21-12-15(13-22(29-2)24(21)30-3)11-19-20(14-31-25(19)27)23(26)18-10-6-8-16-7-4-5-9-17(16)18/h4-13,20H,14H2,1-3H3/b19-11-. The second kappa shape index (κ2) is 8.52. The van der Waals surface area contributed by atoms with Crippen molar-refractivity contribution in [2.24, 2.45) is 5.92 Å². The van der Waals surface area contributed by atoms with Gasteiger partial charge in [0.15, 0.2) is 17.3 Å². The number of ether oxygens (including phenoxy) is 4. The van der Waals surface area contributed by atoms with E-state index in [9.17, 15) is 9.59 Å². The fraction of sp³-hybridized carbons (Fsp3) is 0.200. The second-order valence-electron chi connectivity index (χ2n) is 7.10. The van der Waals surface area contributed by atoms with Crippen molar-refractivity contribution < 1.29 is 28.5 Å². The molecule has 4 rings (SSSR count). The van der Waals surface area contributed by atoms with Crippen molar-refractivity contribution in [2.45, 2.75) is 0 Å². The number of ketones is 1. The minimum Gasteiger partial charge on any atom is -0.493 e. The first kappa shape index (κ1) is 20.5. The molecule has 3 aromatic carbocycles. The Morgan fingerprint density at radius 1 is 0.968 bits per heavy atom. The zero-order valence-corrected chi connectivity index (χ0v) is 17.5. The van der Waals surface area contributed by atoms with Crippen molar-refractivity contribution in [2.75, 3.05) is 27.9 Å². The molecule has 1 aliphatic heterocycles. The van der Waals surface area contributed by atoms with Gasteiger partial charge >= 0.3 is 5.97 Å². The molecule has 6 nitrogen and oxygen atoms in total. The molecule has 0 radical (unpaired) electrons. The van der Waals surface area contributed by atoms with Gasteiger partial charge in [-0.3, -0.25) is 4.79 Å². The van der Waals surface area contributed by atoms with E-state index in [-0.39, 0.29) is 12.4 Å². The zero-order valence-electron chi connectivity index (χ0n) is 17.5. The van der Waals surface area contributed by atoms with Gasteiger partial charge in [0.1, 0.15) is 6.61 Å². The number of carbonyl (C=O) groups is 2. The smallest absolute Gasteiger partial charge is 0.334 e. The second-order valence-corrected chi connectivity index (χ2v) is 7.10. The molecule has 1 heterocycles. The fourth-order valence-corrected chi connectivity index (χ4v) is 3.84. The third kappa shape index (κ3) is 3.72. The molecule has 1 saturated heterocycles. The van der Waals surface area contributed by atoms with Crippen LogP contribution in [0.1, 0.15) is 15.9 Å². The molecule has 0 amide bonds. The monoisotopic (exact) mass is 418 g/mol. The first-order valence-corrected chi connectivity index (χ1v) is 9.78. The molecule has 0 aromatic heterocycles. The van der Waals surface area contributed by atoms with Crippen molar-refractivity contribution in [1.29, 1.82) is 0 Å². The topological polar surface area (TPSA) is 71.1 Å². The van der Waals surface area contributed by atoms with E-state index < -0.39 is 11.9 Å². The minimum atomic E-state index is -0.697. The molecular weight excluding hydrogens is 396 g/mol. The Morgan fingerprint density at radius 3 is 2.32 bits per heavy atom. The lowest BCUT2D eigenvalue weighted by molar-refractivity contribution is -0.135. The Morgan fingerprint density at radius 2 is 1.65 bits per heavy atom. The lowest BCUT2D eigenvalue weighted by atomic mass is 9.89. The molecule has 6 heteroatoms. The molecule has 0 N–H and O–H groups in total. The molecule has 3 aromatic rings. The highest BCUT2D eigenvalue weighted by atomic mass is 16.5. The summed E-state index contributed by atoms with van der Waals surface area (Å²) >= 11 is 0. The van der Waals surface area contributed by atoms with Crippen LogP contribution in [-0.2, 0) is 9.53 Å². The van der Waals surface area contributed by atoms with Gasteiger partial charge in [-0.2, -0.15) is 0 Å². The largest absolute Gasteiger partial charge is 0.493 e. The first-order valence-electron chi connectivity index (χ1n) is 9.78. The number of hydrogen-bond acceptors (Lipinski definition) is 6. The number of rotatable bonds is 6. The van der Waals surface area contributed by atoms with E-state index in [0.717, 1.165) is 10.8 Å². The highest BCUT2D eigenvalue weighted by molar-refractivity contribution is 6.14. The summed E-state index contributed by atoms with van der Waals surface area (Å²) in [5.41, 5.74) is 1.50. The van der Waals surface area contributed by atoms with E-state index in [1.807, 2.05) is 36.4 Å². The van der Waals surface area contributed by atoms with Crippen molar-refractivity contribution in [3.05, 3.63) is 71.3 Å². The van der Waals surface area contributed by atoms with Crippen LogP contribution < -0.4 is 14.2 Å². The number of hydrogen-bond donors (Lipinski definition) is 0. The average molecular weight is 418 g/mol. The van der Waals surface area contributed by atoms with Crippen LogP contribution in [-0.4, -0.2) is 39.7 Å². The van der Waals surface area contributed by atoms with E-state index in [1.165, 1.54) is 21.3 Å². The van der Waals surface area contributed by atoms with E-state index >= 15 is 0 Å². The third-order valence-electron chi connectivity index (χ3n) is 5.37. The van der Waals surface area contributed by atoms with Crippen molar-refractivity contribution in [3.8, 4) is 17.2 Å². The molecule has 31 heavy (non-hydrogen) atoms. The summed E-state index contributed by atoms with van der Waals surface area (Å²) in [6.07, 6.45) is 1.65. The Labute approximate surface area is 180 Å². The van der Waals surface area contributed by atoms with Gasteiger partial charge in [-0.25, -0.2) is 4.79 Å². The minimum absolute atomic E-state index is 0.0111. The van der Waals surface area contributed by atoms with Gasteiger partial charge in [0.25, 0.3) is 0 Å². The Hall–Kier alpha value is -3.80. The molecule has 0 aliphatic carbocycles. The maximum atomic E-state index is 13.4. The molecule has 1 aliphatic rings. The summed E-state index contributed by atoms with van der Waals surface area (Å²) in [5.74, 6) is 0.00426. The lowest BCUT2D eigenvalue weighted by Gasteiger charge is -2.14. The quantitative estimate of drug-likeness (QED) is 0.338. The average Bonchev–Trinajstić information content (AvgIpc) is 3.17. The molecule has 1 fully saturated rings. The van der Waals surface area contributed by atoms with Gasteiger partial charge < -0.3 is 18.9 Å². The van der Waals surface area contributed by atoms with Gasteiger partial charge in [0.2, 0.25) is 5.75 Å². The van der Waals surface area contributed by atoms with Crippen LogP contribution in [0.3, 0.4) is 0 Å². The number of cyclic esters (lactones) is 1. The normalized spacial score (nSPS) is 16.9. The maximum absolute atomic E-state index is 13.4. The highest BCUT2D eigenvalue weighted by Gasteiger charge is 2.37. The third-order valence-corrected chi connectivity index (χ3v) is 5.37. The summed E-state index contributed by atoms with van der Waals surface area (Å²) in [6, 6.07) is 16.7. The summed E-state index contributed by atoms with van der Waals surface area (Å²) < 4.78 is 21.4. The molecule has 1 unspecified atom stereocenters. The molecular formula is C25H22O6. The molecule has 0 spiro atoms. The van der Waals surface area contributed by atoms with E-state index in [2.05, 4.69) is 0 Å². The molecule has 0 bridgehead atoms. The van der Waals surface area contributed by atoms with E-state index in [0.29, 0.717) is 33.9 Å². The fourth-order valence-electron chi connectivity index (χ4n) is 3.84. The van der Waals surface area contributed by atoms with Crippen LogP contribution in [0.4, 0.5) is 0 Å². The number of Topliss-reactive ketones (excluding diaryl/α,β-unsaturated/α-hetero) is 1. The molecule has 158 valence electrons. The lowest BCUT2D eigenvalue weighted by Crippen LogP contribution is -2.17. The number of benzene rings is 3. The van der Waals surface area contributed by atoms with Crippen LogP contribution in [0.15, 0.2) is 60.2 Å². The SMILES string of the molecule is COc1cc(/C=C2\C(=O)OCC2C(=O)c2cccc3ccccc23)cc(OC)c1OC. The predicted octanol–water partition coefficient (Wildman–Crippen LogP) is 4.30. The maximum Gasteiger partial charge on any atom is 0.334 e. The summed E-state index contributed by atoms with van der Waals surface area (Å²) in [7, 11) is 4.56. The van der Waals surface area contributed by atoms with Crippen molar-refractivity contribution >= 4 is 28.6 Å². The van der Waals surface area contributed by atoms with Gasteiger partial charge in [-0.15, -0.1) is 0 Å². The first-order chi connectivity index (χ1) is 15.1. The van der Waals surface area contributed by atoms with Crippen LogP contribution >= 0.6 is 0 Å². The highest BCUT2D eigenvalue weighted by Crippen LogP contribution is 2.39. The van der Waals surface area contributed by atoms with Crippen LogP contribution in [0.2, 0.25) is 0 Å². The Balaban J connectivity index is 1.77. The van der Waals surface area contributed by atoms with Gasteiger partial charge in [0.05, 0.1) is 32.8 Å². The number of methoxy groups -OCH3 is 3. The Kier molecular flexibility index (Phi) is 5.62. The number of fused-ring (bicyclic) bond motifs is 1. The van der Waals surface area contributed by atoms with E-state index in [1.54, 1.807) is 24.3 Å².